The summed E-state index contributed by atoms with van der Waals surface area (Å²) in [6.45, 7) is 4.35. The molecule has 1 saturated heterocycles. The van der Waals surface area contributed by atoms with Crippen LogP contribution in [0.5, 0.6) is 0 Å². The maximum Gasteiger partial charge on any atom is 0.309 e. The van der Waals surface area contributed by atoms with Crippen molar-refractivity contribution in [1.29, 1.82) is 0 Å². The molecule has 1 unspecified atom stereocenters. The molecular weight excluding hydrogens is 304 g/mol. The summed E-state index contributed by atoms with van der Waals surface area (Å²) in [5.74, 6) is 1.29. The van der Waals surface area contributed by atoms with Crippen LogP contribution in [0.25, 0.3) is 0 Å². The van der Waals surface area contributed by atoms with Gasteiger partial charge in [0, 0.05) is 11.5 Å². The topological polar surface area (TPSA) is 46.5 Å². The quantitative estimate of drug-likeness (QED) is 0.364. The largest absolute Gasteiger partial charge is 0.458 e. The summed E-state index contributed by atoms with van der Waals surface area (Å²) < 4.78 is 5.60. The Balaban J connectivity index is 2.41. The zero-order valence-electron chi connectivity index (χ0n) is 13.4. The third kappa shape index (κ3) is 7.80. The number of carbonyl (C=O) groups is 1. The van der Waals surface area contributed by atoms with Crippen LogP contribution in [0.1, 0.15) is 65.2 Å². The molecule has 21 heavy (non-hydrogen) atoms. The molecule has 1 aliphatic heterocycles. The summed E-state index contributed by atoms with van der Waals surface area (Å²) >= 11 is 0. The number of hydrogen-bond donors (Lipinski definition) is 1. The van der Waals surface area contributed by atoms with Gasteiger partial charge in [0.2, 0.25) is 0 Å². The molecule has 1 fully saturated rings. The van der Waals surface area contributed by atoms with E-state index in [0.29, 0.717) is 11.5 Å². The first-order valence-electron chi connectivity index (χ1n) is 8.32. The highest BCUT2D eigenvalue weighted by atomic mass is 33.1. The van der Waals surface area contributed by atoms with Gasteiger partial charge in [-0.2, -0.15) is 0 Å². The lowest BCUT2D eigenvalue weighted by Crippen LogP contribution is -2.38. The zero-order chi connectivity index (χ0) is 15.5. The number of unbranched alkanes of at least 4 members (excludes halogenated alkanes) is 4. The molecule has 1 N–H and O–H groups in total. The molecule has 0 spiro atoms. The molecule has 0 aromatic rings. The second-order valence-electron chi connectivity index (χ2n) is 5.80. The number of esters is 1. The monoisotopic (exact) mass is 334 g/mol. The van der Waals surface area contributed by atoms with Crippen LogP contribution in [0.15, 0.2) is 0 Å². The summed E-state index contributed by atoms with van der Waals surface area (Å²) in [7, 11) is 3.33. The first kappa shape index (κ1) is 19.2. The highest BCUT2D eigenvalue weighted by Gasteiger charge is 2.30. The van der Waals surface area contributed by atoms with E-state index in [1.807, 2.05) is 0 Å². The lowest BCUT2D eigenvalue weighted by molar-refractivity contribution is -0.158. The Morgan fingerprint density at radius 2 is 1.76 bits per heavy atom. The van der Waals surface area contributed by atoms with Crippen LogP contribution >= 0.6 is 21.6 Å². The van der Waals surface area contributed by atoms with Gasteiger partial charge in [0.15, 0.2) is 0 Å². The SMILES string of the molecule is CCCCCCC(CCCC)C(=O)O[C@H]1CSSC[C@@H]1O. The third-order valence-electron chi connectivity index (χ3n) is 3.90. The number of aliphatic hydroxyl groups excluding tert-OH is 1. The van der Waals surface area contributed by atoms with Crippen molar-refractivity contribution in [3.63, 3.8) is 0 Å². The molecular formula is C16H30O3S2. The Morgan fingerprint density at radius 1 is 1.10 bits per heavy atom. The van der Waals surface area contributed by atoms with Crippen molar-refractivity contribution in [2.45, 2.75) is 77.4 Å². The van der Waals surface area contributed by atoms with Crippen molar-refractivity contribution in [1.82, 2.24) is 0 Å². The fraction of sp³-hybridized carbons (Fsp3) is 0.938. The summed E-state index contributed by atoms with van der Waals surface area (Å²) in [4.78, 5) is 12.4. The van der Waals surface area contributed by atoms with Crippen molar-refractivity contribution >= 4 is 27.6 Å². The van der Waals surface area contributed by atoms with E-state index in [4.69, 9.17) is 4.74 Å². The van der Waals surface area contributed by atoms with Crippen molar-refractivity contribution in [2.75, 3.05) is 11.5 Å². The van der Waals surface area contributed by atoms with Gasteiger partial charge in [-0.15, -0.1) is 0 Å². The number of aliphatic hydroxyl groups is 1. The first-order chi connectivity index (χ1) is 10.2. The number of ether oxygens (including phenoxy) is 1. The molecule has 3 atom stereocenters. The molecule has 0 bridgehead atoms. The highest BCUT2D eigenvalue weighted by Crippen LogP contribution is 2.32. The minimum absolute atomic E-state index is 0.0218. The summed E-state index contributed by atoms with van der Waals surface area (Å²) in [6, 6.07) is 0. The Hall–Kier alpha value is 0.130. The Labute approximate surface area is 137 Å². The van der Waals surface area contributed by atoms with E-state index < -0.39 is 6.10 Å². The third-order valence-corrected chi connectivity index (χ3v) is 6.32. The van der Waals surface area contributed by atoms with Crippen molar-refractivity contribution in [3.05, 3.63) is 0 Å². The standard InChI is InChI=1S/C16H30O3S2/c1-3-5-7-8-10-13(9-6-4-2)16(18)19-15-12-21-20-11-14(15)17/h13-15,17H,3-12H2,1-2H3/t13?,14-,15-/m0/s1. The molecule has 1 aliphatic rings. The molecule has 3 nitrogen and oxygen atoms in total. The van der Waals surface area contributed by atoms with E-state index in [1.54, 1.807) is 21.6 Å². The molecule has 0 radical (unpaired) electrons. The lowest BCUT2D eigenvalue weighted by Gasteiger charge is -2.28. The smallest absolute Gasteiger partial charge is 0.309 e. The van der Waals surface area contributed by atoms with Gasteiger partial charge >= 0.3 is 5.97 Å². The molecule has 0 amide bonds. The Morgan fingerprint density at radius 3 is 2.43 bits per heavy atom. The minimum atomic E-state index is -0.507. The van der Waals surface area contributed by atoms with Gasteiger partial charge in [-0.1, -0.05) is 74.0 Å². The van der Waals surface area contributed by atoms with Gasteiger partial charge in [-0.05, 0) is 12.8 Å². The lowest BCUT2D eigenvalue weighted by atomic mass is 9.95. The fourth-order valence-electron chi connectivity index (χ4n) is 2.46. The van der Waals surface area contributed by atoms with Crippen LogP contribution in [-0.4, -0.2) is 34.8 Å². The van der Waals surface area contributed by atoms with Gasteiger partial charge in [0.1, 0.15) is 12.2 Å². The minimum Gasteiger partial charge on any atom is -0.458 e. The predicted molar refractivity (Wildman–Crippen MR) is 92.6 cm³/mol. The van der Waals surface area contributed by atoms with Crippen LogP contribution in [0.2, 0.25) is 0 Å². The number of carbonyl (C=O) groups excluding carboxylic acids is 1. The van der Waals surface area contributed by atoms with Crippen LogP contribution in [0.3, 0.4) is 0 Å². The maximum absolute atomic E-state index is 12.4. The maximum atomic E-state index is 12.4. The van der Waals surface area contributed by atoms with E-state index in [0.717, 1.165) is 32.1 Å². The summed E-state index contributed by atoms with van der Waals surface area (Å²) in [5.41, 5.74) is 0. The summed E-state index contributed by atoms with van der Waals surface area (Å²) in [5, 5.41) is 9.91. The molecule has 5 heteroatoms. The van der Waals surface area contributed by atoms with Gasteiger partial charge in [0.25, 0.3) is 0 Å². The van der Waals surface area contributed by atoms with Crippen molar-refractivity contribution < 1.29 is 14.6 Å². The molecule has 0 aliphatic carbocycles. The van der Waals surface area contributed by atoms with E-state index in [1.165, 1.54) is 19.3 Å². The zero-order valence-corrected chi connectivity index (χ0v) is 15.0. The van der Waals surface area contributed by atoms with E-state index in [-0.39, 0.29) is 18.0 Å². The molecule has 124 valence electrons. The van der Waals surface area contributed by atoms with Crippen molar-refractivity contribution in [3.8, 4) is 0 Å². The van der Waals surface area contributed by atoms with Crippen molar-refractivity contribution in [2.24, 2.45) is 5.92 Å². The van der Waals surface area contributed by atoms with Gasteiger partial charge < -0.3 is 9.84 Å². The van der Waals surface area contributed by atoms with Crippen LogP contribution in [0.4, 0.5) is 0 Å². The average Bonchev–Trinajstić information content (AvgIpc) is 2.49. The van der Waals surface area contributed by atoms with Gasteiger partial charge in [-0.25, -0.2) is 0 Å². The highest BCUT2D eigenvalue weighted by molar-refractivity contribution is 8.76. The molecule has 1 heterocycles. The Kier molecular flexibility index (Phi) is 10.7. The number of rotatable bonds is 10. The van der Waals surface area contributed by atoms with E-state index >= 15 is 0 Å². The molecule has 0 saturated carbocycles. The fourth-order valence-corrected chi connectivity index (χ4v) is 4.83. The van der Waals surface area contributed by atoms with Crippen LogP contribution in [0, 0.1) is 5.92 Å². The second kappa shape index (κ2) is 11.7. The average molecular weight is 335 g/mol. The predicted octanol–water partition coefficient (Wildman–Crippen LogP) is 4.43. The summed E-state index contributed by atoms with van der Waals surface area (Å²) in [6.07, 6.45) is 7.98. The molecule has 1 rings (SSSR count). The van der Waals surface area contributed by atoms with Gasteiger partial charge in [0.05, 0.1) is 5.92 Å². The van der Waals surface area contributed by atoms with Crippen LogP contribution < -0.4 is 0 Å². The van der Waals surface area contributed by atoms with E-state index in [2.05, 4.69) is 13.8 Å². The van der Waals surface area contributed by atoms with Crippen LogP contribution in [-0.2, 0) is 9.53 Å². The first-order valence-corrected chi connectivity index (χ1v) is 10.8. The van der Waals surface area contributed by atoms with Gasteiger partial charge in [-0.3, -0.25) is 4.79 Å². The number of hydrogen-bond acceptors (Lipinski definition) is 5. The second-order valence-corrected chi connectivity index (χ2v) is 8.35. The van der Waals surface area contributed by atoms with E-state index in [9.17, 15) is 9.90 Å². The Bertz CT molecular complexity index is 287. The normalized spacial score (nSPS) is 23.8. The molecule has 0 aromatic heterocycles. The molecule has 0 aromatic carbocycles.